The van der Waals surface area contributed by atoms with Crippen LogP contribution in [-0.2, 0) is 10.4 Å². The van der Waals surface area contributed by atoms with Gasteiger partial charge in [-0.05, 0) is 71.6 Å². The van der Waals surface area contributed by atoms with Crippen LogP contribution in [0.1, 0.15) is 61.0 Å². The van der Waals surface area contributed by atoms with Gasteiger partial charge in [0, 0.05) is 31.3 Å². The van der Waals surface area contributed by atoms with Crippen molar-refractivity contribution in [3.8, 4) is 5.75 Å². The van der Waals surface area contributed by atoms with Gasteiger partial charge in [0.15, 0.2) is 0 Å². The third-order valence-corrected chi connectivity index (χ3v) is 6.34. The summed E-state index contributed by atoms with van der Waals surface area (Å²) in [6.45, 7) is 1.75. The summed E-state index contributed by atoms with van der Waals surface area (Å²) in [6, 6.07) is 6.89. The molecule has 1 aromatic rings. The number of aliphatic hydroxyl groups is 1. The van der Waals surface area contributed by atoms with Crippen LogP contribution in [0.2, 0.25) is 0 Å². The van der Waals surface area contributed by atoms with E-state index in [1.54, 1.807) is 18.2 Å². The maximum atomic E-state index is 11.3. The first-order valence-corrected chi connectivity index (χ1v) is 11.2. The van der Waals surface area contributed by atoms with Gasteiger partial charge in [-0.1, -0.05) is 31.4 Å². The standard InChI is InChI=1S/C16H25NO2.C9H17NO/c1-17(2)12-14-7-4-5-10-16(14,18)13-8-6-9-15(11-13)19-3;1-10(2)7-8-5-3-4-6-9(8)11/h6,8-9,11,14,18H,4-5,7,10,12H2,1-3H3;8H,3-7H2,1-2H3/i3D3;. The molecule has 0 amide bonds. The first-order chi connectivity index (χ1) is 15.4. The number of ether oxygens (including phenoxy) is 1. The molecule has 3 unspecified atom stereocenters. The third-order valence-electron chi connectivity index (χ3n) is 6.34. The number of benzene rings is 1. The molecule has 0 saturated heterocycles. The van der Waals surface area contributed by atoms with Crippen LogP contribution in [0, 0.1) is 11.8 Å². The van der Waals surface area contributed by atoms with Gasteiger partial charge in [-0.3, -0.25) is 4.79 Å². The van der Waals surface area contributed by atoms with Crippen LogP contribution in [0.3, 0.4) is 0 Å². The van der Waals surface area contributed by atoms with Crippen LogP contribution in [0.5, 0.6) is 5.75 Å². The molecule has 5 nitrogen and oxygen atoms in total. The Hall–Kier alpha value is -1.43. The number of hydrogen-bond acceptors (Lipinski definition) is 5. The maximum Gasteiger partial charge on any atom is 0.137 e. The lowest BCUT2D eigenvalue weighted by Crippen LogP contribution is -2.43. The van der Waals surface area contributed by atoms with E-state index in [9.17, 15) is 9.90 Å². The molecule has 0 bridgehead atoms. The number of hydrogen-bond donors (Lipinski definition) is 1. The lowest BCUT2D eigenvalue weighted by molar-refractivity contribution is -0.125. The third kappa shape index (κ3) is 7.07. The van der Waals surface area contributed by atoms with Crippen LogP contribution in [0.15, 0.2) is 24.3 Å². The molecular formula is C25H42N2O3. The van der Waals surface area contributed by atoms with Crippen molar-refractivity contribution in [3.05, 3.63) is 29.8 Å². The average molecular weight is 422 g/mol. The van der Waals surface area contributed by atoms with Gasteiger partial charge in [0.2, 0.25) is 0 Å². The molecule has 5 heteroatoms. The van der Waals surface area contributed by atoms with Crippen molar-refractivity contribution in [3.63, 3.8) is 0 Å². The number of ketones is 1. The van der Waals surface area contributed by atoms with Crippen molar-refractivity contribution in [1.29, 1.82) is 0 Å². The zero-order chi connectivity index (χ0) is 24.6. The van der Waals surface area contributed by atoms with Crippen LogP contribution in [0.4, 0.5) is 0 Å². The van der Waals surface area contributed by atoms with Crippen molar-refractivity contribution in [1.82, 2.24) is 9.80 Å². The normalized spacial score (nSPS) is 28.9. The summed E-state index contributed by atoms with van der Waals surface area (Å²) < 4.78 is 26.6. The fourth-order valence-corrected chi connectivity index (χ4v) is 4.81. The molecular weight excluding hydrogens is 376 g/mol. The minimum Gasteiger partial charge on any atom is -0.497 e. The van der Waals surface area contributed by atoms with Gasteiger partial charge >= 0.3 is 0 Å². The van der Waals surface area contributed by atoms with E-state index in [0.29, 0.717) is 18.1 Å². The van der Waals surface area contributed by atoms with E-state index in [0.717, 1.165) is 57.2 Å². The topological polar surface area (TPSA) is 53.0 Å². The predicted molar refractivity (Wildman–Crippen MR) is 123 cm³/mol. The molecule has 0 radical (unpaired) electrons. The van der Waals surface area contributed by atoms with Crippen LogP contribution >= 0.6 is 0 Å². The highest BCUT2D eigenvalue weighted by molar-refractivity contribution is 5.81. The lowest BCUT2D eigenvalue weighted by atomic mass is 9.71. The van der Waals surface area contributed by atoms with Crippen molar-refractivity contribution in [2.45, 2.75) is 57.0 Å². The average Bonchev–Trinajstić information content (AvgIpc) is 2.70. The van der Waals surface area contributed by atoms with E-state index in [2.05, 4.69) is 9.80 Å². The van der Waals surface area contributed by atoms with Crippen molar-refractivity contribution in [2.75, 3.05) is 48.3 Å². The fourth-order valence-electron chi connectivity index (χ4n) is 4.81. The molecule has 1 aromatic carbocycles. The smallest absolute Gasteiger partial charge is 0.137 e. The first kappa shape index (κ1) is 20.5. The van der Waals surface area contributed by atoms with Gasteiger partial charge in [-0.2, -0.15) is 0 Å². The van der Waals surface area contributed by atoms with Gasteiger partial charge in [0.1, 0.15) is 11.5 Å². The van der Waals surface area contributed by atoms with Crippen LogP contribution in [0.25, 0.3) is 0 Å². The first-order valence-electron chi connectivity index (χ1n) is 12.7. The van der Waals surface area contributed by atoms with Gasteiger partial charge in [-0.15, -0.1) is 0 Å². The van der Waals surface area contributed by atoms with Crippen LogP contribution in [-0.4, -0.2) is 69.0 Å². The molecule has 3 atom stereocenters. The minimum atomic E-state index is -2.48. The van der Waals surface area contributed by atoms with Crippen molar-refractivity contribution < 1.29 is 18.8 Å². The van der Waals surface area contributed by atoms with E-state index in [1.165, 1.54) is 6.42 Å². The highest BCUT2D eigenvalue weighted by Crippen LogP contribution is 2.42. The van der Waals surface area contributed by atoms with Crippen LogP contribution < -0.4 is 4.74 Å². The Morgan fingerprint density at radius 2 is 1.83 bits per heavy atom. The van der Waals surface area contributed by atoms with Gasteiger partial charge in [0.05, 0.1) is 16.8 Å². The second-order valence-corrected chi connectivity index (χ2v) is 9.43. The van der Waals surface area contributed by atoms with Gasteiger partial charge in [-0.25, -0.2) is 0 Å². The van der Waals surface area contributed by atoms with Crippen molar-refractivity contribution >= 4 is 5.78 Å². The summed E-state index contributed by atoms with van der Waals surface area (Å²) in [5.41, 5.74) is -0.169. The SMILES string of the molecule is CN(C)CC1CCCCC1=O.[2H]C([2H])([2H])Oc1cccc(C2(O)CCCCC2CN(C)C)c1. The highest BCUT2D eigenvalue weighted by Gasteiger charge is 2.40. The molecule has 3 rings (SSSR count). The molecule has 170 valence electrons. The Balaban J connectivity index is 0.000000294. The quantitative estimate of drug-likeness (QED) is 0.754. The second-order valence-electron chi connectivity index (χ2n) is 9.43. The maximum absolute atomic E-state index is 11.3. The molecule has 2 fully saturated rings. The Morgan fingerprint density at radius 1 is 1.10 bits per heavy atom. The molecule has 1 N–H and O–H groups in total. The molecule has 2 aliphatic rings. The fraction of sp³-hybridized carbons (Fsp3) is 0.720. The highest BCUT2D eigenvalue weighted by atomic mass is 16.5. The summed E-state index contributed by atoms with van der Waals surface area (Å²) in [4.78, 5) is 15.5. The predicted octanol–water partition coefficient (Wildman–Crippen LogP) is 3.94. The summed E-state index contributed by atoms with van der Waals surface area (Å²) in [5.74, 6) is 1.23. The number of carbonyl (C=O) groups excluding carboxylic acids is 1. The molecule has 0 aliphatic heterocycles. The second kappa shape index (κ2) is 11.8. The lowest BCUT2D eigenvalue weighted by Gasteiger charge is -2.41. The molecule has 2 saturated carbocycles. The molecule has 0 spiro atoms. The zero-order valence-corrected chi connectivity index (χ0v) is 19.2. The van der Waals surface area contributed by atoms with E-state index in [1.807, 2.05) is 34.3 Å². The summed E-state index contributed by atoms with van der Waals surface area (Å²) in [7, 11) is 5.59. The number of nitrogens with zero attached hydrogens (tertiary/aromatic N) is 2. The monoisotopic (exact) mass is 421 g/mol. The molecule has 0 aromatic heterocycles. The number of rotatable bonds is 6. The minimum absolute atomic E-state index is 0.138. The molecule has 0 heterocycles. The number of Topliss-reactive ketones (excluding diaryl/α,β-unsaturated/α-hetero) is 1. The Morgan fingerprint density at radius 3 is 2.50 bits per heavy atom. The van der Waals surface area contributed by atoms with E-state index in [-0.39, 0.29) is 11.7 Å². The summed E-state index contributed by atoms with van der Waals surface area (Å²) in [5, 5.41) is 11.3. The number of methoxy groups -OCH3 is 1. The van der Waals surface area contributed by atoms with Gasteiger partial charge in [0.25, 0.3) is 0 Å². The molecule has 2 aliphatic carbocycles. The van der Waals surface area contributed by atoms with Crippen molar-refractivity contribution in [2.24, 2.45) is 11.8 Å². The number of carbonyl (C=O) groups is 1. The zero-order valence-electron chi connectivity index (χ0n) is 22.2. The Kier molecular flexibility index (Phi) is 8.07. The van der Waals surface area contributed by atoms with E-state index in [4.69, 9.17) is 8.85 Å². The Labute approximate surface area is 187 Å². The Bertz CT molecular complexity index is 755. The van der Waals surface area contributed by atoms with Gasteiger partial charge < -0.3 is 19.6 Å². The van der Waals surface area contributed by atoms with E-state index < -0.39 is 12.6 Å². The summed E-state index contributed by atoms with van der Waals surface area (Å²) >= 11 is 0. The molecule has 30 heavy (non-hydrogen) atoms. The van der Waals surface area contributed by atoms with E-state index >= 15 is 0 Å². The summed E-state index contributed by atoms with van der Waals surface area (Å²) in [6.07, 6.45) is 8.04. The largest absolute Gasteiger partial charge is 0.497 e.